The Hall–Kier alpha value is -1.82. The Morgan fingerprint density at radius 1 is 1.60 bits per heavy atom. The van der Waals surface area contributed by atoms with E-state index in [0.717, 1.165) is 19.4 Å². The van der Waals surface area contributed by atoms with Crippen LogP contribution in [-0.4, -0.2) is 46.6 Å². The molecule has 20 heavy (non-hydrogen) atoms. The third-order valence-corrected chi connectivity index (χ3v) is 3.13. The van der Waals surface area contributed by atoms with Crippen LogP contribution in [0, 0.1) is 0 Å². The van der Waals surface area contributed by atoms with Crippen molar-refractivity contribution >= 4 is 17.6 Å². The first-order valence-electron chi connectivity index (χ1n) is 6.47. The maximum atomic E-state index is 11.9. The van der Waals surface area contributed by atoms with Crippen LogP contribution in [-0.2, 0) is 0 Å². The number of hydrogen-bond donors (Lipinski definition) is 1. The molecule has 2 heterocycles. The second kappa shape index (κ2) is 7.09. The summed E-state index contributed by atoms with van der Waals surface area (Å²) in [5, 5.41) is 3.22. The molecule has 1 atom stereocenters. The van der Waals surface area contributed by atoms with Crippen molar-refractivity contribution in [1.82, 2.24) is 20.2 Å². The Morgan fingerprint density at radius 3 is 3.05 bits per heavy atom. The number of nitrogens with one attached hydrogen (secondary N) is 1. The van der Waals surface area contributed by atoms with Gasteiger partial charge in [-0.3, -0.25) is 0 Å². The summed E-state index contributed by atoms with van der Waals surface area (Å²) >= 11 is 5.72. The van der Waals surface area contributed by atoms with E-state index in [1.807, 2.05) is 0 Å². The lowest BCUT2D eigenvalue weighted by atomic mass is 10.1. The van der Waals surface area contributed by atoms with Crippen LogP contribution in [0.3, 0.4) is 0 Å². The van der Waals surface area contributed by atoms with Gasteiger partial charge >= 0.3 is 12.0 Å². The lowest BCUT2D eigenvalue weighted by Crippen LogP contribution is -2.48. The number of halogens is 1. The molecule has 0 saturated carbocycles. The molecule has 6 nitrogen and oxygen atoms in total. The van der Waals surface area contributed by atoms with Crippen molar-refractivity contribution in [3.8, 4) is 6.01 Å². The summed E-state index contributed by atoms with van der Waals surface area (Å²) in [5.41, 5.74) is 0. The fourth-order valence-electron chi connectivity index (χ4n) is 2.00. The molecule has 1 N–H and O–H groups in total. The fraction of sp³-hybridized carbons (Fsp3) is 0.462. The normalized spacial score (nSPS) is 18.4. The minimum atomic E-state index is -0.102. The van der Waals surface area contributed by atoms with Crippen molar-refractivity contribution in [2.45, 2.75) is 18.9 Å². The average Bonchev–Trinajstić information content (AvgIpc) is 2.47. The zero-order chi connectivity index (χ0) is 14.4. The number of hydrogen-bond acceptors (Lipinski definition) is 4. The van der Waals surface area contributed by atoms with Crippen LogP contribution in [0.2, 0.25) is 5.02 Å². The molecule has 0 radical (unpaired) electrons. The van der Waals surface area contributed by atoms with Crippen molar-refractivity contribution in [2.24, 2.45) is 0 Å². The number of nitrogens with zero attached hydrogens (tertiary/aromatic N) is 3. The van der Waals surface area contributed by atoms with Crippen molar-refractivity contribution in [3.05, 3.63) is 30.1 Å². The van der Waals surface area contributed by atoms with Crippen LogP contribution in [0.25, 0.3) is 0 Å². The highest BCUT2D eigenvalue weighted by atomic mass is 35.5. The number of piperidine rings is 1. The Labute approximate surface area is 122 Å². The molecule has 1 aromatic heterocycles. The molecule has 1 saturated heterocycles. The lowest BCUT2D eigenvalue weighted by Gasteiger charge is -2.32. The van der Waals surface area contributed by atoms with Gasteiger partial charge in [-0.2, -0.15) is 0 Å². The van der Waals surface area contributed by atoms with Crippen LogP contribution >= 0.6 is 11.6 Å². The Bertz CT molecular complexity index is 466. The zero-order valence-electron chi connectivity index (χ0n) is 11.1. The van der Waals surface area contributed by atoms with Gasteiger partial charge in [-0.15, -0.1) is 6.58 Å². The molecule has 1 fully saturated rings. The van der Waals surface area contributed by atoms with Crippen molar-refractivity contribution in [1.29, 1.82) is 0 Å². The molecule has 1 aliphatic rings. The highest BCUT2D eigenvalue weighted by Crippen LogP contribution is 2.16. The number of aromatic nitrogens is 2. The van der Waals surface area contributed by atoms with Gasteiger partial charge in [0.15, 0.2) is 0 Å². The molecule has 0 aliphatic carbocycles. The largest absolute Gasteiger partial charge is 0.458 e. The van der Waals surface area contributed by atoms with E-state index in [0.29, 0.717) is 18.1 Å². The molecule has 1 aliphatic heterocycles. The maximum Gasteiger partial charge on any atom is 0.317 e. The van der Waals surface area contributed by atoms with Crippen molar-refractivity contribution in [3.63, 3.8) is 0 Å². The summed E-state index contributed by atoms with van der Waals surface area (Å²) in [6, 6.07) is 0.183. The van der Waals surface area contributed by atoms with Crippen LogP contribution in [0.15, 0.2) is 25.0 Å². The molecule has 108 valence electrons. The first-order chi connectivity index (χ1) is 9.69. The third kappa shape index (κ3) is 4.09. The molecule has 0 aromatic carbocycles. The van der Waals surface area contributed by atoms with Gasteiger partial charge in [0.1, 0.15) is 6.10 Å². The van der Waals surface area contributed by atoms with Gasteiger partial charge in [-0.1, -0.05) is 17.7 Å². The van der Waals surface area contributed by atoms with E-state index in [-0.39, 0.29) is 18.1 Å². The van der Waals surface area contributed by atoms with Crippen LogP contribution in [0.5, 0.6) is 6.01 Å². The smallest absolute Gasteiger partial charge is 0.317 e. The van der Waals surface area contributed by atoms with Gasteiger partial charge in [-0.25, -0.2) is 14.8 Å². The summed E-state index contributed by atoms with van der Waals surface area (Å²) in [4.78, 5) is 21.6. The summed E-state index contributed by atoms with van der Waals surface area (Å²) in [6.07, 6.45) is 6.29. The molecule has 1 aromatic rings. The second-order valence-electron chi connectivity index (χ2n) is 4.49. The molecule has 0 spiro atoms. The fourth-order valence-corrected chi connectivity index (χ4v) is 2.10. The number of amides is 2. The molecule has 2 rings (SSSR count). The van der Waals surface area contributed by atoms with Gasteiger partial charge in [-0.05, 0) is 12.8 Å². The van der Waals surface area contributed by atoms with E-state index in [1.165, 1.54) is 12.4 Å². The number of urea groups is 1. The van der Waals surface area contributed by atoms with E-state index in [4.69, 9.17) is 16.3 Å². The molecular formula is C13H17ClN4O2. The highest BCUT2D eigenvalue weighted by Gasteiger charge is 2.25. The van der Waals surface area contributed by atoms with E-state index in [1.54, 1.807) is 11.0 Å². The Kier molecular flexibility index (Phi) is 5.17. The van der Waals surface area contributed by atoms with Gasteiger partial charge in [0, 0.05) is 13.1 Å². The Morgan fingerprint density at radius 2 is 2.35 bits per heavy atom. The summed E-state index contributed by atoms with van der Waals surface area (Å²) in [6.45, 7) is 5.28. The molecule has 7 heteroatoms. The van der Waals surface area contributed by atoms with Crippen molar-refractivity contribution in [2.75, 3.05) is 19.6 Å². The maximum absolute atomic E-state index is 11.9. The van der Waals surface area contributed by atoms with E-state index in [2.05, 4.69) is 21.9 Å². The summed E-state index contributed by atoms with van der Waals surface area (Å²) < 4.78 is 5.67. The monoisotopic (exact) mass is 296 g/mol. The minimum Gasteiger partial charge on any atom is -0.458 e. The molecule has 1 unspecified atom stereocenters. The number of carbonyl (C=O) groups is 1. The topological polar surface area (TPSA) is 67.4 Å². The predicted molar refractivity (Wildman–Crippen MR) is 75.9 cm³/mol. The summed E-state index contributed by atoms with van der Waals surface area (Å²) in [5.74, 6) is 0. The van der Waals surface area contributed by atoms with Gasteiger partial charge in [0.2, 0.25) is 0 Å². The standard InChI is InChI=1S/C13H17ClN4O2/c1-2-5-15-13(19)18-6-3-4-11(9-18)20-12-16-7-10(14)8-17-12/h2,7-8,11H,1,3-6,9H2,(H,15,19). The second-order valence-corrected chi connectivity index (χ2v) is 4.92. The minimum absolute atomic E-state index is 0.0978. The SMILES string of the molecule is C=CCNC(=O)N1CCCC(Oc2ncc(Cl)cn2)C1. The first kappa shape index (κ1) is 14.6. The number of ether oxygens (including phenoxy) is 1. The Balaban J connectivity index is 1.88. The van der Waals surface area contributed by atoms with Crippen LogP contribution in [0.1, 0.15) is 12.8 Å². The quantitative estimate of drug-likeness (QED) is 0.861. The van der Waals surface area contributed by atoms with Crippen LogP contribution < -0.4 is 10.1 Å². The molecule has 2 amide bonds. The van der Waals surface area contributed by atoms with Crippen molar-refractivity contribution < 1.29 is 9.53 Å². The zero-order valence-corrected chi connectivity index (χ0v) is 11.8. The number of rotatable bonds is 4. The first-order valence-corrected chi connectivity index (χ1v) is 6.84. The van der Waals surface area contributed by atoms with E-state index < -0.39 is 0 Å². The van der Waals surface area contributed by atoms with E-state index >= 15 is 0 Å². The highest BCUT2D eigenvalue weighted by molar-refractivity contribution is 6.30. The van der Waals surface area contributed by atoms with Gasteiger partial charge in [0.25, 0.3) is 0 Å². The summed E-state index contributed by atoms with van der Waals surface area (Å²) in [7, 11) is 0. The third-order valence-electron chi connectivity index (χ3n) is 2.93. The lowest BCUT2D eigenvalue weighted by molar-refractivity contribution is 0.0942. The number of carbonyl (C=O) groups excluding carboxylic acids is 1. The van der Waals surface area contributed by atoms with Crippen LogP contribution in [0.4, 0.5) is 4.79 Å². The predicted octanol–water partition coefficient (Wildman–Crippen LogP) is 1.87. The molecular weight excluding hydrogens is 280 g/mol. The average molecular weight is 297 g/mol. The van der Waals surface area contributed by atoms with Gasteiger partial charge < -0.3 is 15.0 Å². The number of likely N-dealkylation sites (tertiary alicyclic amines) is 1. The molecule has 0 bridgehead atoms. The van der Waals surface area contributed by atoms with Gasteiger partial charge in [0.05, 0.1) is 24.0 Å². The van der Waals surface area contributed by atoms with E-state index in [9.17, 15) is 4.79 Å².